The van der Waals surface area contributed by atoms with Gasteiger partial charge in [-0.3, -0.25) is 9.63 Å². The Kier molecular flexibility index (Phi) is 9.30. The van der Waals surface area contributed by atoms with E-state index in [9.17, 15) is 4.79 Å². The second-order valence-electron chi connectivity index (χ2n) is 4.09. The van der Waals surface area contributed by atoms with E-state index in [0.29, 0.717) is 13.0 Å². The minimum atomic E-state index is 0.147. The summed E-state index contributed by atoms with van der Waals surface area (Å²) in [6, 6.07) is 0. The highest BCUT2D eigenvalue weighted by atomic mass is 16.7. The van der Waals surface area contributed by atoms with Crippen LogP contribution >= 0.6 is 0 Å². The number of amides is 1. The number of carbonyl (C=O) groups excluding carboxylic acids is 1. The Morgan fingerprint density at radius 1 is 1.38 bits per heavy atom. The first-order valence-corrected chi connectivity index (χ1v) is 6.67. The molecule has 0 aliphatic carbocycles. The van der Waals surface area contributed by atoms with Crippen molar-refractivity contribution in [3.63, 3.8) is 0 Å². The first kappa shape index (κ1) is 15.4. The van der Waals surface area contributed by atoms with Gasteiger partial charge in [-0.05, 0) is 12.3 Å². The number of unbranched alkanes of at least 4 members (excludes halogenated alkanes) is 1. The second kappa shape index (κ2) is 9.64. The lowest BCUT2D eigenvalue weighted by Gasteiger charge is -2.14. The van der Waals surface area contributed by atoms with Gasteiger partial charge in [0.2, 0.25) is 5.91 Å². The molecule has 1 aliphatic rings. The molecule has 0 saturated carbocycles. The van der Waals surface area contributed by atoms with E-state index in [2.05, 4.69) is 13.8 Å². The third-order valence-corrected chi connectivity index (χ3v) is 2.85. The van der Waals surface area contributed by atoms with E-state index in [1.807, 2.05) is 13.8 Å². The summed E-state index contributed by atoms with van der Waals surface area (Å²) < 4.78 is 0. The number of carbonyl (C=O) groups is 1. The van der Waals surface area contributed by atoms with Gasteiger partial charge >= 0.3 is 0 Å². The van der Waals surface area contributed by atoms with Crippen LogP contribution in [0.1, 0.15) is 59.8 Å². The average Bonchev–Trinajstić information content (AvgIpc) is 2.73. The van der Waals surface area contributed by atoms with E-state index in [1.54, 1.807) is 0 Å². The highest BCUT2D eigenvalue weighted by Crippen LogP contribution is 2.13. The Hall–Kier alpha value is -0.570. The van der Waals surface area contributed by atoms with E-state index < -0.39 is 0 Å². The van der Waals surface area contributed by atoms with Crippen molar-refractivity contribution in [1.82, 2.24) is 5.06 Å². The van der Waals surface area contributed by atoms with Crippen LogP contribution < -0.4 is 0 Å². The smallest absolute Gasteiger partial charge is 0.248 e. The van der Waals surface area contributed by atoms with Gasteiger partial charge in [0.05, 0.1) is 13.0 Å². The quantitative estimate of drug-likeness (QED) is 0.653. The number of hydroxylamine groups is 2. The van der Waals surface area contributed by atoms with Crippen LogP contribution in [0.3, 0.4) is 0 Å². The van der Waals surface area contributed by atoms with E-state index in [0.717, 1.165) is 18.9 Å². The SMILES string of the molecule is CC.CCC(C)CCCCN1OCCC1=O. The zero-order valence-corrected chi connectivity index (χ0v) is 11.3. The molecule has 0 bridgehead atoms. The third kappa shape index (κ3) is 6.11. The summed E-state index contributed by atoms with van der Waals surface area (Å²) >= 11 is 0. The Morgan fingerprint density at radius 3 is 2.56 bits per heavy atom. The van der Waals surface area contributed by atoms with Gasteiger partial charge in [-0.1, -0.05) is 47.0 Å². The van der Waals surface area contributed by atoms with Gasteiger partial charge in [0.25, 0.3) is 0 Å². The molecule has 0 N–H and O–H groups in total. The molecule has 1 fully saturated rings. The maximum Gasteiger partial charge on any atom is 0.248 e. The summed E-state index contributed by atoms with van der Waals surface area (Å²) in [7, 11) is 0. The van der Waals surface area contributed by atoms with Crippen molar-refractivity contribution in [3.8, 4) is 0 Å². The minimum absolute atomic E-state index is 0.147. The Balaban J connectivity index is 0.00000106. The standard InChI is InChI=1S/C11H21NO2.C2H6/c1-3-10(2)6-4-5-8-12-11(13)7-9-14-12;1-2/h10H,3-9H2,1-2H3;1-2H3. The van der Waals surface area contributed by atoms with Gasteiger partial charge in [-0.25, -0.2) is 5.06 Å². The lowest BCUT2D eigenvalue weighted by molar-refractivity contribution is -0.161. The Morgan fingerprint density at radius 2 is 2.06 bits per heavy atom. The van der Waals surface area contributed by atoms with Crippen molar-refractivity contribution < 1.29 is 9.63 Å². The molecule has 16 heavy (non-hydrogen) atoms. The van der Waals surface area contributed by atoms with Crippen LogP contribution in [-0.2, 0) is 9.63 Å². The van der Waals surface area contributed by atoms with Crippen molar-refractivity contribution in [1.29, 1.82) is 0 Å². The van der Waals surface area contributed by atoms with Gasteiger partial charge in [0.15, 0.2) is 0 Å². The van der Waals surface area contributed by atoms with Crippen LogP contribution in [0.15, 0.2) is 0 Å². The molecule has 0 aromatic heterocycles. The molecule has 96 valence electrons. The fourth-order valence-electron chi connectivity index (χ4n) is 1.58. The molecule has 1 atom stereocenters. The number of nitrogens with zero attached hydrogens (tertiary/aromatic N) is 1. The van der Waals surface area contributed by atoms with Crippen LogP contribution in [0.4, 0.5) is 0 Å². The van der Waals surface area contributed by atoms with Crippen molar-refractivity contribution in [2.45, 2.75) is 59.8 Å². The normalized spacial score (nSPS) is 17.0. The van der Waals surface area contributed by atoms with E-state index in [-0.39, 0.29) is 5.91 Å². The molecule has 1 rings (SSSR count). The maximum absolute atomic E-state index is 11.2. The molecule has 0 radical (unpaired) electrons. The molecule has 0 aromatic rings. The highest BCUT2D eigenvalue weighted by molar-refractivity contribution is 5.76. The molecule has 1 unspecified atom stereocenters. The zero-order chi connectivity index (χ0) is 12.4. The summed E-state index contributed by atoms with van der Waals surface area (Å²) in [5.74, 6) is 0.957. The maximum atomic E-state index is 11.2. The molecule has 0 aromatic carbocycles. The van der Waals surface area contributed by atoms with E-state index in [1.165, 1.54) is 24.3 Å². The second-order valence-corrected chi connectivity index (χ2v) is 4.09. The summed E-state index contributed by atoms with van der Waals surface area (Å²) in [5.41, 5.74) is 0. The van der Waals surface area contributed by atoms with Gasteiger partial charge in [-0.15, -0.1) is 0 Å². The first-order valence-electron chi connectivity index (χ1n) is 6.67. The fourth-order valence-corrected chi connectivity index (χ4v) is 1.58. The zero-order valence-electron chi connectivity index (χ0n) is 11.3. The predicted octanol–water partition coefficient (Wildman–Crippen LogP) is 3.39. The van der Waals surface area contributed by atoms with Gasteiger partial charge in [0, 0.05) is 6.54 Å². The average molecular weight is 229 g/mol. The molecule has 1 saturated heterocycles. The Labute approximate surface area is 100 Å². The van der Waals surface area contributed by atoms with Crippen LogP contribution in [0.25, 0.3) is 0 Å². The van der Waals surface area contributed by atoms with Gasteiger partial charge in [0.1, 0.15) is 0 Å². The first-order chi connectivity index (χ1) is 7.74. The molecule has 0 spiro atoms. The molecule has 1 heterocycles. The van der Waals surface area contributed by atoms with Crippen molar-refractivity contribution >= 4 is 5.91 Å². The van der Waals surface area contributed by atoms with Crippen LogP contribution in [0.2, 0.25) is 0 Å². The predicted molar refractivity (Wildman–Crippen MR) is 66.9 cm³/mol. The summed E-state index contributed by atoms with van der Waals surface area (Å²) in [6.45, 7) is 9.84. The monoisotopic (exact) mass is 229 g/mol. The van der Waals surface area contributed by atoms with Crippen molar-refractivity contribution in [2.24, 2.45) is 5.92 Å². The lowest BCUT2D eigenvalue weighted by Crippen LogP contribution is -2.24. The van der Waals surface area contributed by atoms with Crippen LogP contribution in [-0.4, -0.2) is 24.1 Å². The third-order valence-electron chi connectivity index (χ3n) is 2.85. The lowest BCUT2D eigenvalue weighted by atomic mass is 10.0. The number of rotatable bonds is 6. The molecule has 3 heteroatoms. The van der Waals surface area contributed by atoms with Gasteiger partial charge < -0.3 is 0 Å². The molecular formula is C13H27NO2. The van der Waals surface area contributed by atoms with Gasteiger partial charge in [-0.2, -0.15) is 0 Å². The summed E-state index contributed by atoms with van der Waals surface area (Å²) in [4.78, 5) is 16.3. The van der Waals surface area contributed by atoms with Crippen LogP contribution in [0, 0.1) is 5.92 Å². The highest BCUT2D eigenvalue weighted by Gasteiger charge is 2.20. The number of hydrogen-bond donors (Lipinski definition) is 0. The molecule has 1 aliphatic heterocycles. The summed E-state index contributed by atoms with van der Waals surface area (Å²) in [5, 5.41) is 1.52. The van der Waals surface area contributed by atoms with E-state index >= 15 is 0 Å². The fraction of sp³-hybridized carbons (Fsp3) is 0.923. The summed E-state index contributed by atoms with van der Waals surface area (Å²) in [6.07, 6.45) is 5.33. The molecule has 3 nitrogen and oxygen atoms in total. The Bertz CT molecular complexity index is 183. The van der Waals surface area contributed by atoms with Crippen molar-refractivity contribution in [2.75, 3.05) is 13.2 Å². The topological polar surface area (TPSA) is 29.5 Å². The molecule has 1 amide bonds. The van der Waals surface area contributed by atoms with Crippen molar-refractivity contribution in [3.05, 3.63) is 0 Å². The van der Waals surface area contributed by atoms with Crippen LogP contribution in [0.5, 0.6) is 0 Å². The number of hydrogen-bond acceptors (Lipinski definition) is 2. The molecular weight excluding hydrogens is 202 g/mol. The largest absolute Gasteiger partial charge is 0.272 e. The van der Waals surface area contributed by atoms with E-state index in [4.69, 9.17) is 4.84 Å². The minimum Gasteiger partial charge on any atom is -0.272 e.